The summed E-state index contributed by atoms with van der Waals surface area (Å²) in [5.41, 5.74) is 0.390. The Morgan fingerprint density at radius 1 is 0.972 bits per heavy atom. The number of carbonyl (C=O) groups is 2. The molecule has 36 heavy (non-hydrogen) atoms. The van der Waals surface area contributed by atoms with Gasteiger partial charge in [-0.25, -0.2) is 9.18 Å². The molecule has 1 aromatic heterocycles. The van der Waals surface area contributed by atoms with Crippen molar-refractivity contribution in [1.29, 1.82) is 0 Å². The SMILES string of the molecule is CCCN(CC(=O)N(Cc1ccc(F)cc1)Cc1sccc1C)C(=O)Nc1ccccc1C(F)(F)F. The number of carbonyl (C=O) groups excluding carboxylic acids is 2. The van der Waals surface area contributed by atoms with Gasteiger partial charge >= 0.3 is 12.2 Å². The number of hydrogen-bond acceptors (Lipinski definition) is 3. The predicted molar refractivity (Wildman–Crippen MR) is 132 cm³/mol. The molecule has 0 atom stereocenters. The fourth-order valence-corrected chi connectivity index (χ4v) is 4.52. The standard InChI is InChI=1S/C26H27F4N3O2S/c1-3-13-32(25(35)31-22-7-5-4-6-21(22)26(28,29)30)17-24(34)33(16-23-18(2)12-14-36-23)15-19-8-10-20(27)11-9-19/h4-12,14H,3,13,15-17H2,1-2H3,(H,31,35). The van der Waals surface area contributed by atoms with E-state index in [1.807, 2.05) is 18.4 Å². The van der Waals surface area contributed by atoms with Gasteiger partial charge in [0, 0.05) is 18.0 Å². The van der Waals surface area contributed by atoms with Gasteiger partial charge < -0.3 is 15.1 Å². The Bertz CT molecular complexity index is 1180. The average Bonchev–Trinajstić information content (AvgIpc) is 3.23. The van der Waals surface area contributed by atoms with E-state index in [1.165, 1.54) is 46.6 Å². The van der Waals surface area contributed by atoms with Gasteiger partial charge in [-0.2, -0.15) is 13.2 Å². The highest BCUT2D eigenvalue weighted by Crippen LogP contribution is 2.34. The van der Waals surface area contributed by atoms with E-state index in [2.05, 4.69) is 5.32 Å². The molecule has 10 heteroatoms. The first kappa shape index (κ1) is 27.2. The van der Waals surface area contributed by atoms with Crippen molar-refractivity contribution in [3.05, 3.63) is 87.4 Å². The fourth-order valence-electron chi connectivity index (χ4n) is 3.60. The monoisotopic (exact) mass is 521 g/mol. The third-order valence-corrected chi connectivity index (χ3v) is 6.53. The van der Waals surface area contributed by atoms with Gasteiger partial charge in [0.2, 0.25) is 5.91 Å². The molecule has 3 rings (SSSR count). The molecule has 5 nitrogen and oxygen atoms in total. The van der Waals surface area contributed by atoms with Crippen LogP contribution in [-0.4, -0.2) is 34.8 Å². The quantitative estimate of drug-likeness (QED) is 0.319. The molecule has 3 amide bonds. The van der Waals surface area contributed by atoms with E-state index in [0.717, 1.165) is 16.5 Å². The largest absolute Gasteiger partial charge is 0.418 e. The van der Waals surface area contributed by atoms with Crippen LogP contribution in [0.2, 0.25) is 0 Å². The number of rotatable bonds is 9. The lowest BCUT2D eigenvalue weighted by atomic mass is 10.1. The first-order chi connectivity index (χ1) is 17.1. The molecule has 2 aromatic carbocycles. The minimum Gasteiger partial charge on any atom is -0.332 e. The highest BCUT2D eigenvalue weighted by atomic mass is 32.1. The summed E-state index contributed by atoms with van der Waals surface area (Å²) in [6.45, 7) is 4.07. The number of para-hydroxylation sites is 1. The Labute approximate surface area is 211 Å². The number of benzene rings is 2. The van der Waals surface area contributed by atoms with E-state index < -0.39 is 23.6 Å². The second-order valence-corrected chi connectivity index (χ2v) is 9.30. The van der Waals surface area contributed by atoms with E-state index in [4.69, 9.17) is 0 Å². The van der Waals surface area contributed by atoms with Crippen LogP contribution < -0.4 is 5.32 Å². The van der Waals surface area contributed by atoms with Gasteiger partial charge in [-0.1, -0.05) is 31.2 Å². The van der Waals surface area contributed by atoms with Crippen molar-refractivity contribution in [2.24, 2.45) is 0 Å². The number of urea groups is 1. The second kappa shape index (κ2) is 12.0. The Morgan fingerprint density at radius 3 is 2.28 bits per heavy atom. The summed E-state index contributed by atoms with van der Waals surface area (Å²) >= 11 is 1.50. The number of nitrogens with one attached hydrogen (secondary N) is 1. The Balaban J connectivity index is 1.80. The molecule has 0 aliphatic heterocycles. The number of nitrogens with zero attached hydrogens (tertiary/aromatic N) is 2. The van der Waals surface area contributed by atoms with Crippen molar-refractivity contribution >= 4 is 29.0 Å². The van der Waals surface area contributed by atoms with E-state index in [0.29, 0.717) is 12.0 Å². The predicted octanol–water partition coefficient (Wildman–Crippen LogP) is 6.69. The molecule has 0 aliphatic carbocycles. The first-order valence-corrected chi connectivity index (χ1v) is 12.2. The summed E-state index contributed by atoms with van der Waals surface area (Å²) in [5, 5.41) is 4.23. The third-order valence-electron chi connectivity index (χ3n) is 5.52. The lowest BCUT2D eigenvalue weighted by Crippen LogP contribution is -2.44. The summed E-state index contributed by atoms with van der Waals surface area (Å²) in [5.74, 6) is -0.768. The number of hydrogen-bond donors (Lipinski definition) is 1. The van der Waals surface area contributed by atoms with Crippen molar-refractivity contribution in [3.63, 3.8) is 0 Å². The summed E-state index contributed by atoms with van der Waals surface area (Å²) in [7, 11) is 0. The highest BCUT2D eigenvalue weighted by molar-refractivity contribution is 7.10. The zero-order valence-electron chi connectivity index (χ0n) is 19.9. The van der Waals surface area contributed by atoms with Gasteiger partial charge in [0.25, 0.3) is 0 Å². The molecule has 192 valence electrons. The molecule has 0 fully saturated rings. The number of alkyl halides is 3. The average molecular weight is 522 g/mol. The van der Waals surface area contributed by atoms with Crippen LogP contribution in [0.1, 0.15) is 34.9 Å². The van der Waals surface area contributed by atoms with Gasteiger partial charge in [0.15, 0.2) is 0 Å². The van der Waals surface area contributed by atoms with E-state index in [1.54, 1.807) is 24.0 Å². The zero-order valence-corrected chi connectivity index (χ0v) is 20.8. The summed E-state index contributed by atoms with van der Waals surface area (Å²) < 4.78 is 53.4. The van der Waals surface area contributed by atoms with Gasteiger partial charge in [-0.3, -0.25) is 4.79 Å². The number of halogens is 4. The summed E-state index contributed by atoms with van der Waals surface area (Å²) in [6, 6.07) is 11.6. The van der Waals surface area contributed by atoms with Crippen molar-refractivity contribution < 1.29 is 27.2 Å². The van der Waals surface area contributed by atoms with Gasteiger partial charge in [0.1, 0.15) is 12.4 Å². The maximum absolute atomic E-state index is 13.4. The number of amides is 3. The Hall–Kier alpha value is -3.40. The molecule has 0 aliphatic rings. The fraction of sp³-hybridized carbons (Fsp3) is 0.308. The smallest absolute Gasteiger partial charge is 0.332 e. The van der Waals surface area contributed by atoms with Crippen LogP contribution in [-0.2, 0) is 24.1 Å². The maximum Gasteiger partial charge on any atom is 0.418 e. The minimum atomic E-state index is -4.64. The molecular formula is C26H27F4N3O2S. The molecule has 3 aromatic rings. The topological polar surface area (TPSA) is 52.7 Å². The van der Waals surface area contributed by atoms with E-state index in [-0.39, 0.29) is 37.8 Å². The van der Waals surface area contributed by atoms with Crippen LogP contribution in [0.3, 0.4) is 0 Å². The van der Waals surface area contributed by atoms with Crippen LogP contribution in [0.15, 0.2) is 60.0 Å². The number of anilines is 1. The van der Waals surface area contributed by atoms with Crippen LogP contribution in [0.4, 0.5) is 28.0 Å². The van der Waals surface area contributed by atoms with Crippen LogP contribution >= 0.6 is 11.3 Å². The number of thiophene rings is 1. The molecule has 0 unspecified atom stereocenters. The molecule has 0 spiro atoms. The molecular weight excluding hydrogens is 494 g/mol. The molecule has 1 N–H and O–H groups in total. The second-order valence-electron chi connectivity index (χ2n) is 8.30. The Morgan fingerprint density at radius 2 is 1.67 bits per heavy atom. The normalized spacial score (nSPS) is 11.3. The molecule has 1 heterocycles. The van der Waals surface area contributed by atoms with Crippen molar-refractivity contribution in [3.8, 4) is 0 Å². The third kappa shape index (κ3) is 7.30. The lowest BCUT2D eigenvalue weighted by Gasteiger charge is -2.28. The van der Waals surface area contributed by atoms with Crippen molar-refractivity contribution in [1.82, 2.24) is 9.80 Å². The van der Waals surface area contributed by atoms with Crippen LogP contribution in [0, 0.1) is 12.7 Å². The van der Waals surface area contributed by atoms with Crippen LogP contribution in [0.25, 0.3) is 0 Å². The van der Waals surface area contributed by atoms with E-state index in [9.17, 15) is 27.2 Å². The molecule has 0 bridgehead atoms. The lowest BCUT2D eigenvalue weighted by molar-refractivity contribution is -0.137. The highest BCUT2D eigenvalue weighted by Gasteiger charge is 2.34. The van der Waals surface area contributed by atoms with Crippen molar-refractivity contribution in [2.75, 3.05) is 18.4 Å². The molecule has 0 radical (unpaired) electrons. The summed E-state index contributed by atoms with van der Waals surface area (Å²) in [6.07, 6.45) is -4.14. The molecule has 0 saturated heterocycles. The van der Waals surface area contributed by atoms with Gasteiger partial charge in [0.05, 0.1) is 17.8 Å². The first-order valence-electron chi connectivity index (χ1n) is 11.4. The van der Waals surface area contributed by atoms with E-state index >= 15 is 0 Å². The number of aryl methyl sites for hydroxylation is 1. The van der Waals surface area contributed by atoms with Crippen LogP contribution in [0.5, 0.6) is 0 Å². The minimum absolute atomic E-state index is 0.175. The zero-order chi connectivity index (χ0) is 26.3. The summed E-state index contributed by atoms with van der Waals surface area (Å²) in [4.78, 5) is 30.1. The molecule has 0 saturated carbocycles. The van der Waals surface area contributed by atoms with Gasteiger partial charge in [-0.15, -0.1) is 11.3 Å². The van der Waals surface area contributed by atoms with Gasteiger partial charge in [-0.05, 0) is 60.2 Å². The van der Waals surface area contributed by atoms with Crippen molar-refractivity contribution in [2.45, 2.75) is 39.5 Å². The maximum atomic E-state index is 13.4. The Kier molecular flexibility index (Phi) is 9.08.